The number of carbonyl (C=O) groups is 1. The lowest BCUT2D eigenvalue weighted by atomic mass is 10.1. The molecule has 16 heavy (non-hydrogen) atoms. The molecule has 1 aromatic carbocycles. The number of carboxylic acids is 1. The van der Waals surface area contributed by atoms with Crippen molar-refractivity contribution in [2.45, 2.75) is 12.5 Å². The molecule has 0 aliphatic rings. The summed E-state index contributed by atoms with van der Waals surface area (Å²) in [7, 11) is 0. The molecule has 0 saturated heterocycles. The van der Waals surface area contributed by atoms with Gasteiger partial charge in [-0.15, -0.1) is 0 Å². The van der Waals surface area contributed by atoms with Crippen LogP contribution in [0.4, 0.5) is 0 Å². The fraction of sp³-hybridized carbons (Fsp3) is 0.200. The van der Waals surface area contributed by atoms with Crippen molar-refractivity contribution in [1.29, 1.82) is 0 Å². The van der Waals surface area contributed by atoms with E-state index in [0.717, 1.165) is 11.3 Å². The van der Waals surface area contributed by atoms with E-state index in [0.29, 0.717) is 15.8 Å². The lowest BCUT2D eigenvalue weighted by Crippen LogP contribution is -2.32. The highest BCUT2D eigenvalue weighted by Crippen LogP contribution is 2.21. The predicted octanol–water partition coefficient (Wildman–Crippen LogP) is 0.809. The first-order valence-corrected chi connectivity index (χ1v) is 5.39. The molecular weight excluding hydrogens is 230 g/mol. The van der Waals surface area contributed by atoms with Crippen LogP contribution in [0.5, 0.6) is 0 Å². The van der Waals surface area contributed by atoms with Crippen LogP contribution in [0.25, 0.3) is 10.3 Å². The Labute approximate surface area is 94.1 Å². The van der Waals surface area contributed by atoms with Crippen LogP contribution >= 0.6 is 11.3 Å². The van der Waals surface area contributed by atoms with E-state index in [-0.39, 0.29) is 6.42 Å². The van der Waals surface area contributed by atoms with Gasteiger partial charge in [-0.05, 0) is 11.6 Å². The summed E-state index contributed by atoms with van der Waals surface area (Å²) in [6.45, 7) is 0. The van der Waals surface area contributed by atoms with Crippen LogP contribution in [0.1, 0.15) is 5.56 Å². The topological polar surface area (TPSA) is 93.5 Å². The summed E-state index contributed by atoms with van der Waals surface area (Å²) in [5.74, 6) is -1.07. The van der Waals surface area contributed by atoms with Crippen LogP contribution in [0, 0.1) is 0 Å². The maximum absolute atomic E-state index is 11.1. The van der Waals surface area contributed by atoms with E-state index in [9.17, 15) is 9.59 Å². The van der Waals surface area contributed by atoms with E-state index in [4.69, 9.17) is 15.3 Å². The Hall–Kier alpha value is -1.66. The molecule has 0 aliphatic carbocycles. The monoisotopic (exact) mass is 239 g/mol. The van der Waals surface area contributed by atoms with Gasteiger partial charge >= 0.3 is 10.9 Å². The van der Waals surface area contributed by atoms with Gasteiger partial charge in [0.25, 0.3) is 0 Å². The van der Waals surface area contributed by atoms with Crippen LogP contribution in [0.3, 0.4) is 0 Å². The zero-order valence-corrected chi connectivity index (χ0v) is 8.99. The molecule has 1 unspecified atom stereocenters. The van der Waals surface area contributed by atoms with Gasteiger partial charge in [-0.1, -0.05) is 23.5 Å². The summed E-state index contributed by atoms with van der Waals surface area (Å²) in [4.78, 5) is 21.3. The van der Waals surface area contributed by atoms with Gasteiger partial charge in [0.15, 0.2) is 5.58 Å². The van der Waals surface area contributed by atoms with Gasteiger partial charge in [-0.2, -0.15) is 0 Å². The van der Waals surface area contributed by atoms with Crippen LogP contribution in [0.2, 0.25) is 0 Å². The molecule has 6 heteroatoms. The first-order chi connectivity index (χ1) is 7.58. The van der Waals surface area contributed by atoms with E-state index in [1.807, 2.05) is 0 Å². The van der Waals surface area contributed by atoms with Crippen molar-refractivity contribution in [1.82, 2.24) is 0 Å². The first-order valence-electron chi connectivity index (χ1n) is 4.58. The largest absolute Gasteiger partial charge is 0.480 e. The number of hydrogen-bond donors (Lipinski definition) is 2. The molecule has 0 radical (unpaired) electrons. The standard InChI is InChI=1S/C10H9NO4S/c11-6(9(12)13)4-5-2-1-3-7-8(5)15-10(14)16-7/h1-3,6H,4,11H2,(H,12,13). The van der Waals surface area contributed by atoms with Crippen molar-refractivity contribution in [2.24, 2.45) is 5.73 Å². The molecule has 0 aliphatic heterocycles. The number of benzene rings is 1. The molecular formula is C10H9NO4S. The predicted molar refractivity (Wildman–Crippen MR) is 59.7 cm³/mol. The third-order valence-electron chi connectivity index (χ3n) is 2.20. The lowest BCUT2D eigenvalue weighted by molar-refractivity contribution is -0.138. The normalized spacial score (nSPS) is 12.8. The Bertz CT molecular complexity index is 586. The summed E-state index contributed by atoms with van der Waals surface area (Å²) in [6.07, 6.45) is 0.145. The van der Waals surface area contributed by atoms with Gasteiger partial charge in [-0.3, -0.25) is 4.79 Å². The van der Waals surface area contributed by atoms with Crippen molar-refractivity contribution in [3.63, 3.8) is 0 Å². The van der Waals surface area contributed by atoms with Crippen molar-refractivity contribution >= 4 is 27.6 Å². The van der Waals surface area contributed by atoms with Crippen LogP contribution in [-0.4, -0.2) is 17.1 Å². The first kappa shape index (κ1) is 10.8. The number of carboxylic acid groups (broad SMARTS) is 1. The van der Waals surface area contributed by atoms with Crippen LogP contribution < -0.4 is 10.7 Å². The van der Waals surface area contributed by atoms with Crippen molar-refractivity contribution in [3.8, 4) is 0 Å². The number of rotatable bonds is 3. The molecule has 0 spiro atoms. The van der Waals surface area contributed by atoms with E-state index in [2.05, 4.69) is 0 Å². The van der Waals surface area contributed by atoms with E-state index in [1.165, 1.54) is 0 Å². The average Bonchev–Trinajstić information content (AvgIpc) is 2.59. The molecule has 0 bridgehead atoms. The second kappa shape index (κ2) is 4.07. The molecule has 84 valence electrons. The molecule has 3 N–H and O–H groups in total. The van der Waals surface area contributed by atoms with Gasteiger partial charge in [0.2, 0.25) is 0 Å². The second-order valence-electron chi connectivity index (χ2n) is 3.35. The number of aliphatic carboxylic acids is 1. The maximum atomic E-state index is 11.1. The van der Waals surface area contributed by atoms with Crippen molar-refractivity contribution in [2.75, 3.05) is 0 Å². The Morgan fingerprint density at radius 2 is 2.31 bits per heavy atom. The van der Waals surface area contributed by atoms with Crippen LogP contribution in [-0.2, 0) is 11.2 Å². The van der Waals surface area contributed by atoms with Crippen molar-refractivity contribution in [3.05, 3.63) is 33.5 Å². The lowest BCUT2D eigenvalue weighted by Gasteiger charge is -2.05. The highest BCUT2D eigenvalue weighted by Gasteiger charge is 2.15. The summed E-state index contributed by atoms with van der Waals surface area (Å²) in [6, 6.07) is 4.22. The zero-order valence-electron chi connectivity index (χ0n) is 8.17. The van der Waals surface area contributed by atoms with E-state index < -0.39 is 17.0 Å². The second-order valence-corrected chi connectivity index (χ2v) is 4.32. The SMILES string of the molecule is NC(Cc1cccc2sc(=O)oc12)C(=O)O. The van der Waals surface area contributed by atoms with Gasteiger partial charge in [-0.25, -0.2) is 4.79 Å². The fourth-order valence-electron chi connectivity index (χ4n) is 1.44. The molecule has 5 nitrogen and oxygen atoms in total. The highest BCUT2D eigenvalue weighted by molar-refractivity contribution is 7.16. The molecule has 2 aromatic rings. The van der Waals surface area contributed by atoms with E-state index >= 15 is 0 Å². The fourth-order valence-corrected chi connectivity index (χ4v) is 2.15. The Kier molecular flexibility index (Phi) is 2.76. The molecule has 1 aromatic heterocycles. The summed E-state index contributed by atoms with van der Waals surface area (Å²) < 4.78 is 5.70. The average molecular weight is 239 g/mol. The third-order valence-corrected chi connectivity index (χ3v) is 2.99. The minimum atomic E-state index is -1.07. The molecule has 0 amide bonds. The summed E-state index contributed by atoms with van der Waals surface area (Å²) in [5, 5.41) is 8.71. The molecule has 1 heterocycles. The smallest absolute Gasteiger partial charge is 0.396 e. The number of nitrogens with two attached hydrogens (primary N) is 1. The zero-order chi connectivity index (χ0) is 11.7. The quantitative estimate of drug-likeness (QED) is 0.826. The summed E-state index contributed by atoms with van der Waals surface area (Å²) in [5.41, 5.74) is 6.51. The summed E-state index contributed by atoms with van der Waals surface area (Å²) >= 11 is 0.991. The Morgan fingerprint density at radius 3 is 3.00 bits per heavy atom. The third kappa shape index (κ3) is 1.98. The molecule has 0 fully saturated rings. The van der Waals surface area contributed by atoms with Gasteiger partial charge < -0.3 is 15.3 Å². The molecule has 1 atom stereocenters. The van der Waals surface area contributed by atoms with Gasteiger partial charge in [0, 0.05) is 6.42 Å². The Balaban J connectivity index is 2.44. The molecule has 0 saturated carbocycles. The van der Waals surface area contributed by atoms with Crippen LogP contribution in [0.15, 0.2) is 27.4 Å². The Morgan fingerprint density at radius 1 is 1.56 bits per heavy atom. The minimum absolute atomic E-state index is 0.145. The minimum Gasteiger partial charge on any atom is -0.480 e. The van der Waals surface area contributed by atoms with Crippen molar-refractivity contribution < 1.29 is 14.3 Å². The highest BCUT2D eigenvalue weighted by atomic mass is 32.1. The number of para-hydroxylation sites is 1. The number of fused-ring (bicyclic) bond motifs is 1. The molecule has 2 rings (SSSR count). The van der Waals surface area contributed by atoms with Gasteiger partial charge in [0.05, 0.1) is 4.70 Å². The van der Waals surface area contributed by atoms with Gasteiger partial charge in [0.1, 0.15) is 6.04 Å². The number of hydrogen-bond acceptors (Lipinski definition) is 5. The van der Waals surface area contributed by atoms with E-state index in [1.54, 1.807) is 18.2 Å². The maximum Gasteiger partial charge on any atom is 0.396 e.